The van der Waals surface area contributed by atoms with Crippen molar-refractivity contribution in [3.05, 3.63) is 35.7 Å². The van der Waals surface area contributed by atoms with E-state index < -0.39 is 0 Å². The molecule has 1 aromatic carbocycles. The van der Waals surface area contributed by atoms with E-state index in [4.69, 9.17) is 9.47 Å². The highest BCUT2D eigenvalue weighted by Crippen LogP contribution is 2.22. The summed E-state index contributed by atoms with van der Waals surface area (Å²) in [5.41, 5.74) is 0.879. The van der Waals surface area contributed by atoms with E-state index in [2.05, 4.69) is 0 Å². The first-order chi connectivity index (χ1) is 6.36. The quantitative estimate of drug-likeness (QED) is 0.609. The molecule has 0 N–H and O–H groups in total. The van der Waals surface area contributed by atoms with Crippen LogP contribution in [0.2, 0.25) is 0 Å². The van der Waals surface area contributed by atoms with Crippen LogP contribution >= 0.6 is 0 Å². The Bertz CT molecular complexity index is 334. The second-order valence-electron chi connectivity index (χ2n) is 2.72. The van der Waals surface area contributed by atoms with Gasteiger partial charge in [0, 0.05) is 11.6 Å². The third-order valence-electron chi connectivity index (χ3n) is 1.78. The third kappa shape index (κ3) is 1.87. The lowest BCUT2D eigenvalue weighted by Gasteiger charge is -2.11. The Morgan fingerprint density at radius 1 is 1.31 bits per heavy atom. The van der Waals surface area contributed by atoms with E-state index >= 15 is 0 Å². The van der Waals surface area contributed by atoms with Crippen LogP contribution < -0.4 is 4.74 Å². The summed E-state index contributed by atoms with van der Waals surface area (Å²) in [6, 6.07) is 4.45. The average Bonchev–Trinajstić information content (AvgIpc) is 2.08. The molecule has 1 aromatic rings. The van der Waals surface area contributed by atoms with Crippen molar-refractivity contribution in [1.29, 1.82) is 0 Å². The number of hydrogen-bond donors (Lipinski definition) is 0. The number of fused-ring (bicyclic) bond motifs is 1. The lowest BCUT2D eigenvalue weighted by Crippen LogP contribution is -2.05. The molecule has 0 spiro atoms. The summed E-state index contributed by atoms with van der Waals surface area (Å²) < 4.78 is 23.0. The van der Waals surface area contributed by atoms with Crippen LogP contribution in [0.15, 0.2) is 24.3 Å². The van der Waals surface area contributed by atoms with Gasteiger partial charge in [0.05, 0.1) is 6.61 Å². The zero-order valence-electron chi connectivity index (χ0n) is 7.00. The van der Waals surface area contributed by atoms with Gasteiger partial charge in [0.2, 0.25) is 0 Å². The fourth-order valence-corrected chi connectivity index (χ4v) is 1.17. The third-order valence-corrected chi connectivity index (χ3v) is 1.78. The molecule has 0 unspecified atom stereocenters. The van der Waals surface area contributed by atoms with Gasteiger partial charge in [-0.2, -0.15) is 0 Å². The van der Waals surface area contributed by atoms with Gasteiger partial charge in [-0.05, 0) is 12.1 Å². The summed E-state index contributed by atoms with van der Waals surface area (Å²) in [6.45, 7) is 0.692. The molecule has 68 valence electrons. The van der Waals surface area contributed by atoms with Gasteiger partial charge in [-0.3, -0.25) is 0 Å². The van der Waals surface area contributed by atoms with Crippen LogP contribution in [0.1, 0.15) is 5.56 Å². The number of benzene rings is 1. The molecule has 2 rings (SSSR count). The van der Waals surface area contributed by atoms with Gasteiger partial charge in [0.1, 0.15) is 11.6 Å². The van der Waals surface area contributed by atoms with Crippen LogP contribution in [0.4, 0.5) is 4.39 Å². The highest BCUT2D eigenvalue weighted by molar-refractivity contribution is 5.57. The van der Waals surface area contributed by atoms with Crippen molar-refractivity contribution in [1.82, 2.24) is 0 Å². The van der Waals surface area contributed by atoms with Gasteiger partial charge < -0.3 is 9.47 Å². The fourth-order valence-electron chi connectivity index (χ4n) is 1.17. The van der Waals surface area contributed by atoms with E-state index in [1.165, 1.54) is 12.1 Å². The van der Waals surface area contributed by atoms with Crippen LogP contribution in [-0.2, 0) is 4.74 Å². The molecule has 1 aliphatic rings. The van der Waals surface area contributed by atoms with Crippen molar-refractivity contribution in [3.8, 4) is 5.75 Å². The Labute approximate surface area is 75.6 Å². The lowest BCUT2D eigenvalue weighted by molar-refractivity contribution is 0.0295. The summed E-state index contributed by atoms with van der Waals surface area (Å²) in [5, 5.41) is 0. The van der Waals surface area contributed by atoms with Crippen molar-refractivity contribution in [2.75, 3.05) is 13.4 Å². The minimum Gasteiger partial charge on any atom is -0.467 e. The standard InChI is InChI=1S/C10H9FO2/c11-9-4-3-8-2-1-5-12-7-13-10(8)6-9/h1-4,6H,5,7H2/b2-1-. The predicted molar refractivity (Wildman–Crippen MR) is 46.9 cm³/mol. The highest BCUT2D eigenvalue weighted by atomic mass is 19.1. The van der Waals surface area contributed by atoms with Crippen molar-refractivity contribution < 1.29 is 13.9 Å². The summed E-state index contributed by atoms with van der Waals surface area (Å²) >= 11 is 0. The van der Waals surface area contributed by atoms with Gasteiger partial charge in [0.15, 0.2) is 6.79 Å². The molecule has 0 saturated heterocycles. The molecule has 0 aliphatic carbocycles. The SMILES string of the molecule is Fc1ccc2c(c1)OCOC/C=C\2. The van der Waals surface area contributed by atoms with Gasteiger partial charge in [0.25, 0.3) is 0 Å². The Morgan fingerprint density at radius 3 is 3.15 bits per heavy atom. The molecule has 13 heavy (non-hydrogen) atoms. The minimum atomic E-state index is -0.298. The minimum absolute atomic E-state index is 0.167. The average molecular weight is 180 g/mol. The van der Waals surface area contributed by atoms with Gasteiger partial charge >= 0.3 is 0 Å². The zero-order chi connectivity index (χ0) is 9.10. The van der Waals surface area contributed by atoms with Crippen LogP contribution in [0, 0.1) is 5.82 Å². The number of hydrogen-bond acceptors (Lipinski definition) is 2. The molecule has 0 aromatic heterocycles. The first kappa shape index (κ1) is 8.26. The molecule has 0 saturated carbocycles. The maximum atomic E-state index is 12.8. The number of rotatable bonds is 0. The van der Waals surface area contributed by atoms with Gasteiger partial charge in [-0.25, -0.2) is 4.39 Å². The maximum absolute atomic E-state index is 12.8. The Kier molecular flexibility index (Phi) is 2.27. The molecule has 0 bridgehead atoms. The van der Waals surface area contributed by atoms with E-state index in [1.807, 2.05) is 12.2 Å². The fraction of sp³-hybridized carbons (Fsp3) is 0.200. The van der Waals surface area contributed by atoms with Crippen LogP contribution in [0.3, 0.4) is 0 Å². The van der Waals surface area contributed by atoms with E-state index in [-0.39, 0.29) is 12.6 Å². The Balaban J connectivity index is 2.40. The first-order valence-corrected chi connectivity index (χ1v) is 4.03. The molecule has 0 fully saturated rings. The molecular formula is C10H9FO2. The molecule has 0 atom stereocenters. The Morgan fingerprint density at radius 2 is 2.23 bits per heavy atom. The summed E-state index contributed by atoms with van der Waals surface area (Å²) in [5.74, 6) is 0.226. The number of halogens is 1. The van der Waals surface area contributed by atoms with Gasteiger partial charge in [-0.15, -0.1) is 0 Å². The molecule has 0 radical (unpaired) electrons. The number of ether oxygens (including phenoxy) is 2. The monoisotopic (exact) mass is 180 g/mol. The second-order valence-corrected chi connectivity index (χ2v) is 2.72. The molecule has 1 heterocycles. The van der Waals surface area contributed by atoms with Crippen LogP contribution in [0.25, 0.3) is 6.08 Å². The molecule has 1 aliphatic heterocycles. The van der Waals surface area contributed by atoms with Gasteiger partial charge in [-0.1, -0.05) is 12.2 Å². The molecule has 3 heteroatoms. The normalized spacial score (nSPS) is 17.9. The zero-order valence-corrected chi connectivity index (χ0v) is 7.00. The van der Waals surface area contributed by atoms with Crippen LogP contribution in [-0.4, -0.2) is 13.4 Å². The molecule has 2 nitrogen and oxygen atoms in total. The topological polar surface area (TPSA) is 18.5 Å². The summed E-state index contributed by atoms with van der Waals surface area (Å²) in [6.07, 6.45) is 3.73. The van der Waals surface area contributed by atoms with Crippen LogP contribution in [0.5, 0.6) is 5.75 Å². The Hall–Kier alpha value is -1.35. The predicted octanol–water partition coefficient (Wildman–Crippen LogP) is 2.21. The first-order valence-electron chi connectivity index (χ1n) is 4.03. The molecule has 0 amide bonds. The van der Waals surface area contributed by atoms with Crippen molar-refractivity contribution in [2.45, 2.75) is 0 Å². The van der Waals surface area contributed by atoms with Crippen molar-refractivity contribution >= 4 is 6.08 Å². The smallest absolute Gasteiger partial charge is 0.189 e. The van der Waals surface area contributed by atoms with Crippen molar-refractivity contribution in [2.24, 2.45) is 0 Å². The van der Waals surface area contributed by atoms with E-state index in [1.54, 1.807) is 6.07 Å². The summed E-state index contributed by atoms with van der Waals surface area (Å²) in [7, 11) is 0. The highest BCUT2D eigenvalue weighted by Gasteiger charge is 2.04. The maximum Gasteiger partial charge on any atom is 0.189 e. The van der Waals surface area contributed by atoms with E-state index in [9.17, 15) is 4.39 Å². The summed E-state index contributed by atoms with van der Waals surface area (Å²) in [4.78, 5) is 0. The van der Waals surface area contributed by atoms with E-state index in [0.29, 0.717) is 12.4 Å². The van der Waals surface area contributed by atoms with Crippen molar-refractivity contribution in [3.63, 3.8) is 0 Å². The largest absolute Gasteiger partial charge is 0.467 e. The van der Waals surface area contributed by atoms with E-state index in [0.717, 1.165) is 5.56 Å². The second kappa shape index (κ2) is 3.58. The molecular weight excluding hydrogens is 171 g/mol. The lowest BCUT2D eigenvalue weighted by atomic mass is 10.2.